The molecule has 0 spiro atoms. The van der Waals surface area contributed by atoms with E-state index in [1.54, 1.807) is 14.2 Å². The van der Waals surface area contributed by atoms with Crippen molar-refractivity contribution in [3.8, 4) is 0 Å². The van der Waals surface area contributed by atoms with Crippen molar-refractivity contribution in [1.82, 2.24) is 0 Å². The largest absolute Gasteiger partial charge is 0.409 e. The van der Waals surface area contributed by atoms with Crippen molar-refractivity contribution in [3.05, 3.63) is 12.7 Å². The highest BCUT2D eigenvalue weighted by Crippen LogP contribution is 2.41. The third-order valence-electron chi connectivity index (χ3n) is 5.11. The standard InChI is InChI=1S/C17H34O4Si/c1-9-13-10-11-14(20-12-18-5)16(15(13)19-6)21-22(7,8)17(2,3)4/h9,13-16H,1,10-12H2,2-8H3/t13-,14-,15+,16+/m0/s1. The topological polar surface area (TPSA) is 36.9 Å². The Labute approximate surface area is 137 Å². The highest BCUT2D eigenvalue weighted by atomic mass is 28.4. The Morgan fingerprint density at radius 1 is 1.14 bits per heavy atom. The van der Waals surface area contributed by atoms with Gasteiger partial charge in [0.05, 0.1) is 18.3 Å². The van der Waals surface area contributed by atoms with Gasteiger partial charge in [-0.1, -0.05) is 26.8 Å². The summed E-state index contributed by atoms with van der Waals surface area (Å²) >= 11 is 0. The van der Waals surface area contributed by atoms with Crippen LogP contribution in [0.3, 0.4) is 0 Å². The molecule has 0 unspecified atom stereocenters. The van der Waals surface area contributed by atoms with E-state index in [1.165, 1.54) is 0 Å². The summed E-state index contributed by atoms with van der Waals surface area (Å²) in [5.74, 6) is 0.308. The SMILES string of the molecule is C=C[C@H]1CC[C@H](OCOC)[C@@H](O[Si](C)(C)C(C)(C)C)[C@@H]1OC. The third-order valence-corrected chi connectivity index (χ3v) is 9.58. The van der Waals surface area contributed by atoms with Gasteiger partial charge in [0.1, 0.15) is 6.79 Å². The van der Waals surface area contributed by atoms with Gasteiger partial charge in [0.25, 0.3) is 0 Å². The van der Waals surface area contributed by atoms with E-state index in [-0.39, 0.29) is 30.1 Å². The molecule has 0 aliphatic heterocycles. The van der Waals surface area contributed by atoms with Crippen molar-refractivity contribution in [3.63, 3.8) is 0 Å². The second-order valence-corrected chi connectivity index (χ2v) is 12.4. The predicted molar refractivity (Wildman–Crippen MR) is 92.5 cm³/mol. The second kappa shape index (κ2) is 8.06. The van der Waals surface area contributed by atoms with Crippen LogP contribution in [-0.4, -0.2) is 47.6 Å². The first kappa shape index (κ1) is 19.8. The molecule has 0 bridgehead atoms. The summed E-state index contributed by atoms with van der Waals surface area (Å²) in [5, 5.41) is 0.151. The Hall–Kier alpha value is -0.203. The van der Waals surface area contributed by atoms with E-state index < -0.39 is 8.32 Å². The lowest BCUT2D eigenvalue weighted by Gasteiger charge is -2.47. The van der Waals surface area contributed by atoms with Gasteiger partial charge >= 0.3 is 0 Å². The summed E-state index contributed by atoms with van der Waals surface area (Å²) in [6.07, 6.45) is 3.87. The van der Waals surface area contributed by atoms with Crippen molar-refractivity contribution in [1.29, 1.82) is 0 Å². The van der Waals surface area contributed by atoms with Crippen LogP contribution < -0.4 is 0 Å². The molecule has 130 valence electrons. The predicted octanol–water partition coefficient (Wildman–Crippen LogP) is 3.98. The van der Waals surface area contributed by atoms with Crippen LogP contribution in [-0.2, 0) is 18.6 Å². The van der Waals surface area contributed by atoms with E-state index in [2.05, 4.69) is 40.4 Å². The van der Waals surface area contributed by atoms with Crippen LogP contribution in [0.2, 0.25) is 18.1 Å². The van der Waals surface area contributed by atoms with E-state index in [0.29, 0.717) is 5.92 Å². The van der Waals surface area contributed by atoms with Crippen LogP contribution in [0.4, 0.5) is 0 Å². The highest BCUT2D eigenvalue weighted by molar-refractivity contribution is 6.74. The van der Waals surface area contributed by atoms with Gasteiger partial charge in [-0.05, 0) is 31.0 Å². The number of ether oxygens (including phenoxy) is 3. The van der Waals surface area contributed by atoms with E-state index in [9.17, 15) is 0 Å². The summed E-state index contributed by atoms with van der Waals surface area (Å²) in [6, 6.07) is 0. The van der Waals surface area contributed by atoms with Crippen LogP contribution >= 0.6 is 0 Å². The molecule has 0 N–H and O–H groups in total. The molecule has 1 fully saturated rings. The maximum atomic E-state index is 6.67. The Balaban J connectivity index is 2.98. The smallest absolute Gasteiger partial charge is 0.192 e. The molecule has 5 heteroatoms. The normalized spacial score (nSPS) is 30.3. The van der Waals surface area contributed by atoms with Crippen molar-refractivity contribution in [2.24, 2.45) is 5.92 Å². The molecule has 0 aromatic rings. The molecule has 0 aromatic heterocycles. The zero-order valence-corrected chi connectivity index (χ0v) is 16.3. The molecule has 1 rings (SSSR count). The van der Waals surface area contributed by atoms with Gasteiger partial charge in [0.2, 0.25) is 0 Å². The molecule has 22 heavy (non-hydrogen) atoms. The molecule has 1 saturated carbocycles. The zero-order valence-electron chi connectivity index (χ0n) is 15.3. The first-order valence-electron chi connectivity index (χ1n) is 8.11. The Morgan fingerprint density at radius 3 is 2.23 bits per heavy atom. The lowest BCUT2D eigenvalue weighted by Crippen LogP contribution is -2.56. The lowest BCUT2D eigenvalue weighted by atomic mass is 9.82. The lowest BCUT2D eigenvalue weighted by molar-refractivity contribution is -0.163. The molecular formula is C17H34O4Si. The maximum Gasteiger partial charge on any atom is 0.192 e. The Morgan fingerprint density at radius 2 is 1.77 bits per heavy atom. The fourth-order valence-corrected chi connectivity index (χ4v) is 4.01. The van der Waals surface area contributed by atoms with E-state index in [1.807, 2.05) is 6.08 Å². The van der Waals surface area contributed by atoms with Crippen LogP contribution in [0.1, 0.15) is 33.6 Å². The van der Waals surface area contributed by atoms with Crippen molar-refractivity contribution < 1.29 is 18.6 Å². The van der Waals surface area contributed by atoms with Crippen LogP contribution in [0.15, 0.2) is 12.7 Å². The summed E-state index contributed by atoms with van der Waals surface area (Å²) in [7, 11) is 1.49. The summed E-state index contributed by atoms with van der Waals surface area (Å²) in [5.41, 5.74) is 0. The number of methoxy groups -OCH3 is 2. The molecule has 0 heterocycles. The summed E-state index contributed by atoms with van der Waals surface area (Å²) in [6.45, 7) is 15.5. The van der Waals surface area contributed by atoms with Crippen molar-refractivity contribution in [2.45, 2.75) is 70.1 Å². The van der Waals surface area contributed by atoms with E-state index in [0.717, 1.165) is 12.8 Å². The molecular weight excluding hydrogens is 296 g/mol. The number of hydrogen-bond acceptors (Lipinski definition) is 4. The fourth-order valence-electron chi connectivity index (χ4n) is 2.69. The van der Waals surface area contributed by atoms with Crippen LogP contribution in [0.5, 0.6) is 0 Å². The molecule has 0 amide bonds. The highest BCUT2D eigenvalue weighted by Gasteiger charge is 2.46. The van der Waals surface area contributed by atoms with E-state index >= 15 is 0 Å². The molecule has 0 radical (unpaired) electrons. The summed E-state index contributed by atoms with van der Waals surface area (Å²) < 4.78 is 23.4. The van der Waals surface area contributed by atoms with Gasteiger partial charge in [-0.25, -0.2) is 0 Å². The second-order valence-electron chi connectivity index (χ2n) is 7.63. The Kier molecular flexibility index (Phi) is 7.27. The minimum Gasteiger partial charge on any atom is -0.409 e. The average molecular weight is 331 g/mol. The molecule has 4 nitrogen and oxygen atoms in total. The monoisotopic (exact) mass is 330 g/mol. The van der Waals surface area contributed by atoms with Crippen molar-refractivity contribution >= 4 is 8.32 Å². The Bertz CT molecular complexity index is 351. The van der Waals surface area contributed by atoms with Crippen LogP contribution in [0, 0.1) is 5.92 Å². The third kappa shape index (κ3) is 4.65. The van der Waals surface area contributed by atoms with Gasteiger partial charge in [-0.3, -0.25) is 0 Å². The molecule has 0 saturated heterocycles. The number of rotatable bonds is 7. The van der Waals surface area contributed by atoms with Gasteiger partial charge in [-0.15, -0.1) is 6.58 Å². The zero-order chi connectivity index (χ0) is 17.0. The molecule has 0 aromatic carbocycles. The van der Waals surface area contributed by atoms with E-state index in [4.69, 9.17) is 18.6 Å². The van der Waals surface area contributed by atoms with Gasteiger partial charge < -0.3 is 18.6 Å². The summed E-state index contributed by atoms with van der Waals surface area (Å²) in [4.78, 5) is 0. The number of hydrogen-bond donors (Lipinski definition) is 0. The average Bonchev–Trinajstić information content (AvgIpc) is 2.43. The van der Waals surface area contributed by atoms with Gasteiger partial charge in [-0.2, -0.15) is 0 Å². The first-order valence-corrected chi connectivity index (χ1v) is 11.0. The molecule has 1 aliphatic carbocycles. The van der Waals surface area contributed by atoms with Crippen molar-refractivity contribution in [2.75, 3.05) is 21.0 Å². The van der Waals surface area contributed by atoms with Gasteiger partial charge in [0.15, 0.2) is 8.32 Å². The fraction of sp³-hybridized carbons (Fsp3) is 0.882. The van der Waals surface area contributed by atoms with Crippen LogP contribution in [0.25, 0.3) is 0 Å². The minimum absolute atomic E-state index is 0.00947. The molecule has 1 aliphatic rings. The first-order chi connectivity index (χ1) is 10.2. The van der Waals surface area contributed by atoms with Gasteiger partial charge in [0, 0.05) is 20.1 Å². The minimum atomic E-state index is -1.91. The molecule has 4 atom stereocenters. The maximum absolute atomic E-state index is 6.67. The quantitative estimate of drug-likeness (QED) is 0.402.